The number of thiophene rings is 1. The Morgan fingerprint density at radius 2 is 2.09 bits per heavy atom. The minimum absolute atomic E-state index is 0.149. The Labute approximate surface area is 190 Å². The zero-order chi connectivity index (χ0) is 22.6. The van der Waals surface area contributed by atoms with Crippen molar-refractivity contribution in [2.24, 2.45) is 0 Å². The molecule has 162 valence electrons. The molecule has 5 rings (SSSR count). The minimum Gasteiger partial charge on any atom is -0.497 e. The largest absolute Gasteiger partial charge is 0.497 e. The number of aromatic nitrogens is 1. The van der Waals surface area contributed by atoms with E-state index >= 15 is 0 Å². The zero-order valence-electron chi connectivity index (χ0n) is 17.8. The molecule has 1 atom stereocenters. The molecule has 4 heterocycles. The van der Waals surface area contributed by atoms with Gasteiger partial charge in [-0.1, -0.05) is 6.07 Å². The van der Waals surface area contributed by atoms with Gasteiger partial charge in [0.2, 0.25) is 0 Å². The van der Waals surface area contributed by atoms with E-state index in [9.17, 15) is 20.1 Å². The monoisotopic (exact) mass is 447 g/mol. The summed E-state index contributed by atoms with van der Waals surface area (Å²) < 4.78 is 7.39. The molecular weight excluding hydrogens is 425 g/mol. The molecule has 2 N–H and O–H groups in total. The first-order valence-corrected chi connectivity index (χ1v) is 11.3. The third-order valence-corrected chi connectivity index (χ3v) is 7.50. The average molecular weight is 447 g/mol. The first kappa shape index (κ1) is 20.8. The SMILES string of the molecule is COc1cc2c(cc1B(O)O)-c1c(-c3cccs3)cc(C(=O)N3CC[C@]3(C)C#N)n1CC2. The topological polar surface area (TPSA) is 98.7 Å². The van der Waals surface area contributed by atoms with E-state index in [4.69, 9.17) is 4.74 Å². The molecule has 2 aliphatic rings. The fourth-order valence-corrected chi connectivity index (χ4v) is 5.43. The summed E-state index contributed by atoms with van der Waals surface area (Å²) in [6.07, 6.45) is 1.34. The molecule has 7 nitrogen and oxygen atoms in total. The number of nitrogens with zero attached hydrogens (tertiary/aromatic N) is 3. The van der Waals surface area contributed by atoms with Crippen molar-refractivity contribution in [1.29, 1.82) is 5.26 Å². The van der Waals surface area contributed by atoms with E-state index in [1.807, 2.05) is 34.2 Å². The van der Waals surface area contributed by atoms with Gasteiger partial charge in [-0.3, -0.25) is 4.79 Å². The molecule has 9 heteroatoms. The van der Waals surface area contributed by atoms with Gasteiger partial charge in [-0.2, -0.15) is 5.26 Å². The fourth-order valence-electron chi connectivity index (χ4n) is 4.68. The molecule has 0 aliphatic carbocycles. The fraction of sp³-hybridized carbons (Fsp3) is 0.304. The summed E-state index contributed by atoms with van der Waals surface area (Å²) in [6.45, 7) is 2.97. The molecule has 2 aromatic heterocycles. The van der Waals surface area contributed by atoms with Gasteiger partial charge in [-0.25, -0.2) is 0 Å². The molecule has 0 unspecified atom stereocenters. The van der Waals surface area contributed by atoms with Crippen molar-refractivity contribution in [1.82, 2.24) is 9.47 Å². The predicted molar refractivity (Wildman–Crippen MR) is 123 cm³/mol. The number of benzene rings is 1. The molecule has 3 aromatic rings. The van der Waals surface area contributed by atoms with Gasteiger partial charge in [-0.05, 0) is 48.6 Å². The molecule has 0 spiro atoms. The Kier molecular flexibility index (Phi) is 4.89. The highest BCUT2D eigenvalue weighted by molar-refractivity contribution is 7.13. The highest BCUT2D eigenvalue weighted by atomic mass is 32.1. The van der Waals surface area contributed by atoms with Crippen LogP contribution in [0, 0.1) is 11.3 Å². The van der Waals surface area contributed by atoms with Crippen LogP contribution in [0.2, 0.25) is 0 Å². The summed E-state index contributed by atoms with van der Waals surface area (Å²) in [6, 6.07) is 11.8. The Morgan fingerprint density at radius 1 is 1.28 bits per heavy atom. The summed E-state index contributed by atoms with van der Waals surface area (Å²) in [5.74, 6) is 0.279. The lowest BCUT2D eigenvalue weighted by atomic mass is 9.76. The molecule has 1 saturated heterocycles. The number of amides is 1. The van der Waals surface area contributed by atoms with Crippen molar-refractivity contribution >= 4 is 29.8 Å². The van der Waals surface area contributed by atoms with Gasteiger partial charge in [0, 0.05) is 41.0 Å². The molecule has 0 bridgehead atoms. The molecular formula is C23H22BN3O4S. The second kappa shape index (κ2) is 7.52. The highest BCUT2D eigenvalue weighted by Gasteiger charge is 2.45. The summed E-state index contributed by atoms with van der Waals surface area (Å²) in [4.78, 5) is 16.2. The number of aryl methyl sites for hydroxylation is 1. The number of fused-ring (bicyclic) bond motifs is 3. The first-order valence-electron chi connectivity index (χ1n) is 10.5. The third-order valence-electron chi connectivity index (χ3n) is 6.60. The maximum atomic E-state index is 13.5. The number of carbonyl (C=O) groups excluding carboxylic acids is 1. The summed E-state index contributed by atoms with van der Waals surface area (Å²) >= 11 is 1.59. The van der Waals surface area contributed by atoms with Crippen LogP contribution in [0.3, 0.4) is 0 Å². The van der Waals surface area contributed by atoms with E-state index in [1.165, 1.54) is 7.11 Å². The van der Waals surface area contributed by atoms with Gasteiger partial charge in [0.1, 0.15) is 17.0 Å². The molecule has 2 aliphatic heterocycles. The summed E-state index contributed by atoms with van der Waals surface area (Å²) in [5, 5.41) is 31.4. The molecule has 32 heavy (non-hydrogen) atoms. The lowest BCUT2D eigenvalue weighted by molar-refractivity contribution is 0.0294. The number of ether oxygens (including phenoxy) is 1. The zero-order valence-corrected chi connectivity index (χ0v) is 18.6. The maximum Gasteiger partial charge on any atom is 0.492 e. The predicted octanol–water partition coefficient (Wildman–Crippen LogP) is 2.26. The smallest absolute Gasteiger partial charge is 0.492 e. The van der Waals surface area contributed by atoms with Crippen LogP contribution in [0.5, 0.6) is 5.75 Å². The van der Waals surface area contributed by atoms with Crippen LogP contribution in [-0.4, -0.2) is 51.7 Å². The van der Waals surface area contributed by atoms with Gasteiger partial charge < -0.3 is 24.3 Å². The standard InChI is InChI=1S/C23H22BN3O4S/c1-23(13-25)6-8-27(23)22(28)18-12-16(20-4-3-9-32-20)21-15-11-17(24(29)30)19(31-2)10-14(15)5-7-26(18)21/h3-4,9-12,29-30H,5-8H2,1-2H3/t23-/m1/s1. The van der Waals surface area contributed by atoms with E-state index in [0.29, 0.717) is 37.4 Å². The minimum atomic E-state index is -1.68. The van der Waals surface area contributed by atoms with Crippen LogP contribution < -0.4 is 10.2 Å². The number of likely N-dealkylation sites (tertiary alicyclic amines) is 1. The molecule has 1 amide bonds. The summed E-state index contributed by atoms with van der Waals surface area (Å²) in [5.41, 5.74) is 3.74. The van der Waals surface area contributed by atoms with Crippen molar-refractivity contribution in [2.75, 3.05) is 13.7 Å². The van der Waals surface area contributed by atoms with Crippen molar-refractivity contribution in [3.63, 3.8) is 0 Å². The Hall–Kier alpha value is -3.06. The lowest BCUT2D eigenvalue weighted by Crippen LogP contribution is -2.59. The van der Waals surface area contributed by atoms with Gasteiger partial charge in [-0.15, -0.1) is 11.3 Å². The van der Waals surface area contributed by atoms with Gasteiger partial charge in [0.15, 0.2) is 0 Å². The Balaban J connectivity index is 1.72. The lowest BCUT2D eigenvalue weighted by Gasteiger charge is -2.45. The number of methoxy groups -OCH3 is 1. The number of carbonyl (C=O) groups is 1. The van der Waals surface area contributed by atoms with Crippen LogP contribution >= 0.6 is 11.3 Å². The Morgan fingerprint density at radius 3 is 2.69 bits per heavy atom. The second-order valence-corrected chi connectivity index (χ2v) is 9.34. The highest BCUT2D eigenvalue weighted by Crippen LogP contribution is 2.43. The van der Waals surface area contributed by atoms with Crippen molar-refractivity contribution in [3.8, 4) is 33.5 Å². The van der Waals surface area contributed by atoms with E-state index in [0.717, 1.165) is 27.3 Å². The number of rotatable bonds is 4. The van der Waals surface area contributed by atoms with Crippen LogP contribution in [0.25, 0.3) is 21.7 Å². The van der Waals surface area contributed by atoms with Gasteiger partial charge >= 0.3 is 7.12 Å². The van der Waals surface area contributed by atoms with E-state index in [2.05, 4.69) is 6.07 Å². The van der Waals surface area contributed by atoms with Crippen LogP contribution in [0.1, 0.15) is 29.4 Å². The van der Waals surface area contributed by atoms with Crippen molar-refractivity contribution in [2.45, 2.75) is 31.8 Å². The van der Waals surface area contributed by atoms with E-state index in [-0.39, 0.29) is 11.4 Å². The van der Waals surface area contributed by atoms with Crippen LogP contribution in [0.4, 0.5) is 0 Å². The normalized spacial score (nSPS) is 18.9. The van der Waals surface area contributed by atoms with E-state index < -0.39 is 12.7 Å². The molecule has 0 radical (unpaired) electrons. The van der Waals surface area contributed by atoms with Crippen LogP contribution in [-0.2, 0) is 13.0 Å². The van der Waals surface area contributed by atoms with E-state index in [1.54, 1.807) is 29.2 Å². The summed E-state index contributed by atoms with van der Waals surface area (Å²) in [7, 11) is -0.170. The average Bonchev–Trinajstić information content (AvgIpc) is 3.44. The molecule has 1 aromatic carbocycles. The first-order chi connectivity index (χ1) is 15.4. The van der Waals surface area contributed by atoms with Crippen LogP contribution in [0.15, 0.2) is 35.7 Å². The maximum absolute atomic E-state index is 13.5. The van der Waals surface area contributed by atoms with Gasteiger partial charge in [0.25, 0.3) is 5.91 Å². The molecule has 0 saturated carbocycles. The van der Waals surface area contributed by atoms with Gasteiger partial charge in [0.05, 0.1) is 18.9 Å². The number of nitriles is 1. The Bertz CT molecular complexity index is 1260. The van der Waals surface area contributed by atoms with Crippen molar-refractivity contribution < 1.29 is 19.6 Å². The second-order valence-electron chi connectivity index (χ2n) is 8.39. The number of hydrogen-bond donors (Lipinski definition) is 2. The van der Waals surface area contributed by atoms with Crippen molar-refractivity contribution in [3.05, 3.63) is 47.0 Å². The quantitative estimate of drug-likeness (QED) is 0.598. The third kappa shape index (κ3) is 2.99. The molecule has 1 fully saturated rings. The number of hydrogen-bond acceptors (Lipinski definition) is 6.